The van der Waals surface area contributed by atoms with Crippen LogP contribution in [0.5, 0.6) is 0 Å². The molecule has 0 aromatic carbocycles. The summed E-state index contributed by atoms with van der Waals surface area (Å²) in [6, 6.07) is 0. The SMILES string of the molecule is CCCCCCCCC=CCCCCCCCCN(C)CCN1CCN(CCN(CCCCCCCCC=CCCCCCCCC)CCCCCCCCC=CCCCCCCCC)CC1. The van der Waals surface area contributed by atoms with Gasteiger partial charge in [0, 0.05) is 52.4 Å². The van der Waals surface area contributed by atoms with Crippen molar-refractivity contribution in [2.45, 2.75) is 290 Å². The van der Waals surface area contributed by atoms with Crippen molar-refractivity contribution < 1.29 is 0 Å². The van der Waals surface area contributed by atoms with Gasteiger partial charge in [0.15, 0.2) is 0 Å². The van der Waals surface area contributed by atoms with E-state index in [-0.39, 0.29) is 0 Å². The molecule has 0 bridgehead atoms. The molecule has 0 aromatic rings. The number of rotatable bonds is 54. The zero-order chi connectivity index (χ0) is 48.0. The summed E-state index contributed by atoms with van der Waals surface area (Å²) in [6.45, 7) is 20.9. The van der Waals surface area contributed by atoms with Crippen LogP contribution in [0, 0.1) is 0 Å². The van der Waals surface area contributed by atoms with E-state index in [1.54, 1.807) is 0 Å². The molecular formula is C63H124N4. The van der Waals surface area contributed by atoms with Crippen molar-refractivity contribution in [2.75, 3.05) is 79.0 Å². The topological polar surface area (TPSA) is 13.0 Å². The lowest BCUT2D eigenvalue weighted by Gasteiger charge is -2.36. The van der Waals surface area contributed by atoms with Crippen molar-refractivity contribution in [3.8, 4) is 0 Å². The molecule has 0 radical (unpaired) electrons. The van der Waals surface area contributed by atoms with Crippen molar-refractivity contribution in [3.05, 3.63) is 36.5 Å². The lowest BCUT2D eigenvalue weighted by molar-refractivity contribution is 0.110. The quantitative estimate of drug-likeness (QED) is 0.0445. The minimum atomic E-state index is 1.23. The van der Waals surface area contributed by atoms with Gasteiger partial charge < -0.3 is 9.80 Å². The first-order valence-corrected chi connectivity index (χ1v) is 31.0. The van der Waals surface area contributed by atoms with Crippen LogP contribution in [0.25, 0.3) is 0 Å². The van der Waals surface area contributed by atoms with Crippen LogP contribution in [-0.2, 0) is 0 Å². The van der Waals surface area contributed by atoms with Gasteiger partial charge in [-0.2, -0.15) is 0 Å². The molecule has 1 rings (SSSR count). The average Bonchev–Trinajstić information content (AvgIpc) is 3.34. The lowest BCUT2D eigenvalue weighted by Crippen LogP contribution is -2.50. The molecule has 0 aliphatic carbocycles. The normalized spacial score (nSPS) is 14.2. The van der Waals surface area contributed by atoms with Crippen molar-refractivity contribution in [3.63, 3.8) is 0 Å². The summed E-state index contributed by atoms with van der Waals surface area (Å²) in [7, 11) is 2.36. The largest absolute Gasteiger partial charge is 0.305 e. The molecular weight excluding hydrogens is 813 g/mol. The second kappa shape index (κ2) is 54.4. The third-order valence-corrected chi connectivity index (χ3v) is 15.0. The average molecular weight is 938 g/mol. The second-order valence-electron chi connectivity index (χ2n) is 21.6. The smallest absolute Gasteiger partial charge is 0.0110 e. The Labute approximate surface area is 423 Å². The number of likely N-dealkylation sites (N-methyl/N-ethyl adjacent to an activating group) is 1. The van der Waals surface area contributed by atoms with E-state index in [4.69, 9.17) is 0 Å². The number of nitrogens with zero attached hydrogens (tertiary/aromatic N) is 4. The van der Waals surface area contributed by atoms with E-state index >= 15 is 0 Å². The van der Waals surface area contributed by atoms with Crippen molar-refractivity contribution in [1.29, 1.82) is 0 Å². The highest BCUT2D eigenvalue weighted by molar-refractivity contribution is 4.83. The Morgan fingerprint density at radius 3 is 0.806 bits per heavy atom. The van der Waals surface area contributed by atoms with Gasteiger partial charge in [-0.15, -0.1) is 0 Å². The first-order valence-electron chi connectivity index (χ1n) is 31.0. The first-order chi connectivity index (χ1) is 33.2. The van der Waals surface area contributed by atoms with Crippen LogP contribution >= 0.6 is 0 Å². The zero-order valence-corrected chi connectivity index (χ0v) is 46.7. The van der Waals surface area contributed by atoms with Crippen LogP contribution in [0.4, 0.5) is 0 Å². The number of piperazine rings is 1. The Balaban J connectivity index is 2.21. The van der Waals surface area contributed by atoms with Gasteiger partial charge in [-0.25, -0.2) is 0 Å². The van der Waals surface area contributed by atoms with Crippen LogP contribution in [0.1, 0.15) is 290 Å². The molecule has 1 saturated heterocycles. The molecule has 1 fully saturated rings. The molecule has 0 amide bonds. The van der Waals surface area contributed by atoms with Gasteiger partial charge in [-0.05, 0) is 123 Å². The summed E-state index contributed by atoms with van der Waals surface area (Å²) in [6.07, 6.45) is 73.3. The Kier molecular flexibility index (Phi) is 52.0. The molecule has 1 aliphatic heterocycles. The van der Waals surface area contributed by atoms with E-state index in [1.165, 1.54) is 342 Å². The molecule has 0 spiro atoms. The molecule has 1 aliphatic rings. The Bertz CT molecular complexity index is 971. The van der Waals surface area contributed by atoms with E-state index < -0.39 is 0 Å². The molecule has 0 aromatic heterocycles. The van der Waals surface area contributed by atoms with Crippen LogP contribution in [0.3, 0.4) is 0 Å². The van der Waals surface area contributed by atoms with Gasteiger partial charge in [-0.1, -0.05) is 231 Å². The molecule has 0 unspecified atom stereocenters. The van der Waals surface area contributed by atoms with E-state index in [0.29, 0.717) is 0 Å². The van der Waals surface area contributed by atoms with Gasteiger partial charge in [0.05, 0.1) is 0 Å². The molecule has 0 atom stereocenters. The highest BCUT2D eigenvalue weighted by Gasteiger charge is 2.18. The van der Waals surface area contributed by atoms with Crippen LogP contribution in [0.15, 0.2) is 36.5 Å². The predicted octanol–water partition coefficient (Wildman–Crippen LogP) is 19.0. The molecule has 4 heteroatoms. The molecule has 0 N–H and O–H groups in total. The zero-order valence-electron chi connectivity index (χ0n) is 46.7. The molecule has 1 heterocycles. The maximum atomic E-state index is 2.86. The molecule has 4 nitrogen and oxygen atoms in total. The van der Waals surface area contributed by atoms with Gasteiger partial charge >= 0.3 is 0 Å². The molecule has 396 valence electrons. The van der Waals surface area contributed by atoms with E-state index in [1.807, 2.05) is 0 Å². The third kappa shape index (κ3) is 48.5. The molecule has 0 saturated carbocycles. The minimum absolute atomic E-state index is 1.23. The Morgan fingerprint density at radius 2 is 0.507 bits per heavy atom. The fourth-order valence-electron chi connectivity index (χ4n) is 10.1. The van der Waals surface area contributed by atoms with E-state index in [9.17, 15) is 0 Å². The predicted molar refractivity (Wildman–Crippen MR) is 305 cm³/mol. The summed E-state index contributed by atoms with van der Waals surface area (Å²) in [5, 5.41) is 0. The van der Waals surface area contributed by atoms with Crippen LogP contribution < -0.4 is 0 Å². The second-order valence-corrected chi connectivity index (χ2v) is 21.6. The van der Waals surface area contributed by atoms with Crippen LogP contribution in [0.2, 0.25) is 0 Å². The van der Waals surface area contributed by atoms with Gasteiger partial charge in [0.2, 0.25) is 0 Å². The van der Waals surface area contributed by atoms with Crippen molar-refractivity contribution in [2.24, 2.45) is 0 Å². The van der Waals surface area contributed by atoms with Gasteiger partial charge in [-0.3, -0.25) is 9.80 Å². The monoisotopic (exact) mass is 937 g/mol. The number of allylic oxidation sites excluding steroid dienone is 6. The lowest BCUT2D eigenvalue weighted by atomic mass is 10.1. The number of hydrogen-bond acceptors (Lipinski definition) is 4. The first kappa shape index (κ1) is 64.1. The van der Waals surface area contributed by atoms with Gasteiger partial charge in [0.1, 0.15) is 0 Å². The van der Waals surface area contributed by atoms with Gasteiger partial charge in [0.25, 0.3) is 0 Å². The van der Waals surface area contributed by atoms with Crippen LogP contribution in [-0.4, -0.2) is 98.6 Å². The fraction of sp³-hybridized carbons (Fsp3) is 0.905. The Morgan fingerprint density at radius 1 is 0.269 bits per heavy atom. The summed E-state index contributed by atoms with van der Waals surface area (Å²) >= 11 is 0. The van der Waals surface area contributed by atoms with Crippen molar-refractivity contribution >= 4 is 0 Å². The maximum absolute atomic E-state index is 2.86. The van der Waals surface area contributed by atoms with Crippen molar-refractivity contribution in [1.82, 2.24) is 19.6 Å². The fourth-order valence-corrected chi connectivity index (χ4v) is 10.1. The maximum Gasteiger partial charge on any atom is 0.0110 e. The third-order valence-electron chi connectivity index (χ3n) is 15.0. The van der Waals surface area contributed by atoms with E-state index in [2.05, 4.69) is 83.9 Å². The highest BCUT2D eigenvalue weighted by atomic mass is 15.3. The van der Waals surface area contributed by atoms with E-state index in [0.717, 1.165) is 0 Å². The summed E-state index contributed by atoms with van der Waals surface area (Å²) in [5.41, 5.74) is 0. The summed E-state index contributed by atoms with van der Waals surface area (Å²) < 4.78 is 0. The number of hydrogen-bond donors (Lipinski definition) is 0. The molecule has 67 heavy (non-hydrogen) atoms. The number of unbranched alkanes of at least 4 members (excludes halogenated alkanes) is 36. The standard InChI is InChI=1S/C63H124N4/c1-5-8-11-14-17-20-23-26-29-32-35-38-41-44-47-50-53-64(4)56-57-66-60-62-67(63-61-66)59-58-65(54-51-48-45-42-39-36-33-30-27-24-21-18-15-12-9-6-2)55-52-49-46-43-40-37-34-31-28-25-22-19-16-13-10-7-3/h26-31H,5-25,32-63H2,1-4H3. The minimum Gasteiger partial charge on any atom is -0.305 e. The summed E-state index contributed by atoms with van der Waals surface area (Å²) in [5.74, 6) is 0. The Hall–Kier alpha value is -0.940. The highest BCUT2D eigenvalue weighted by Crippen LogP contribution is 2.15. The summed E-state index contributed by atoms with van der Waals surface area (Å²) in [4.78, 5) is 11.0.